The van der Waals surface area contributed by atoms with Gasteiger partial charge in [-0.05, 0) is 54.2 Å². The van der Waals surface area contributed by atoms with Crippen molar-refractivity contribution in [3.63, 3.8) is 0 Å². The van der Waals surface area contributed by atoms with Gasteiger partial charge < -0.3 is 16.5 Å². The lowest BCUT2D eigenvalue weighted by Crippen LogP contribution is -2.06. The first-order valence-corrected chi connectivity index (χ1v) is 9.69. The number of unbranched alkanes of at least 4 members (excludes halogenated alkanes) is 1. The number of halogens is 1. The van der Waals surface area contributed by atoms with Gasteiger partial charge in [0.05, 0.1) is 4.51 Å². The molecular weight excluding hydrogens is 359 g/mol. The number of nitrogens with one attached hydrogen (secondary N) is 1. The minimum absolute atomic E-state index is 0.146. The predicted molar refractivity (Wildman–Crippen MR) is 113 cm³/mol. The molecule has 1 heterocycles. The van der Waals surface area contributed by atoms with Crippen LogP contribution in [0.1, 0.15) is 54.5 Å². The van der Waals surface area contributed by atoms with E-state index in [9.17, 15) is 4.39 Å². The lowest BCUT2D eigenvalue weighted by atomic mass is 9.90. The highest BCUT2D eigenvalue weighted by atomic mass is 32.1. The molecule has 0 saturated heterocycles. The number of aromatic amines is 1. The smallest absolute Gasteiger partial charge is 0.128 e. The third-order valence-corrected chi connectivity index (χ3v) is 5.34. The summed E-state index contributed by atoms with van der Waals surface area (Å²) in [6, 6.07) is 4.84. The van der Waals surface area contributed by atoms with E-state index in [1.54, 1.807) is 0 Å². The zero-order chi connectivity index (χ0) is 19.4. The van der Waals surface area contributed by atoms with Crippen LogP contribution in [0.4, 0.5) is 15.9 Å². The summed E-state index contributed by atoms with van der Waals surface area (Å²) >= 11 is 5.68. The second-order valence-electron chi connectivity index (χ2n) is 6.76. The van der Waals surface area contributed by atoms with Gasteiger partial charge >= 0.3 is 0 Å². The largest absolute Gasteiger partial charge is 0.383 e. The van der Waals surface area contributed by atoms with E-state index in [1.165, 1.54) is 12.1 Å². The van der Waals surface area contributed by atoms with E-state index in [4.69, 9.17) is 23.7 Å². The molecule has 0 saturated carbocycles. The van der Waals surface area contributed by atoms with Crippen molar-refractivity contribution in [2.75, 3.05) is 5.73 Å². The molecule has 1 unspecified atom stereocenters. The summed E-state index contributed by atoms with van der Waals surface area (Å²) in [6.45, 7) is 2.41. The number of H-pyrrole nitrogens is 1. The van der Waals surface area contributed by atoms with Crippen LogP contribution in [0.5, 0.6) is 0 Å². The van der Waals surface area contributed by atoms with Gasteiger partial charge in [0, 0.05) is 24.4 Å². The summed E-state index contributed by atoms with van der Waals surface area (Å²) in [7, 11) is 0. The van der Waals surface area contributed by atoms with E-state index in [2.05, 4.69) is 23.0 Å². The molecule has 0 bridgehead atoms. The first kappa shape index (κ1) is 19.5. The molecule has 3 rings (SSSR count). The molecule has 5 N–H and O–H groups in total. The number of hydrogen-bond donors (Lipinski definition) is 3. The van der Waals surface area contributed by atoms with Gasteiger partial charge in [-0.25, -0.2) is 4.39 Å². The van der Waals surface area contributed by atoms with Crippen LogP contribution in [-0.2, 0) is 13.0 Å². The summed E-state index contributed by atoms with van der Waals surface area (Å²) in [4.78, 5) is 7.72. The maximum absolute atomic E-state index is 13.5. The number of pyridine rings is 1. The molecule has 0 amide bonds. The molecule has 1 aromatic heterocycles. The lowest BCUT2D eigenvalue weighted by Gasteiger charge is -2.16. The van der Waals surface area contributed by atoms with E-state index in [1.807, 2.05) is 18.4 Å². The van der Waals surface area contributed by atoms with Crippen molar-refractivity contribution >= 4 is 36.0 Å². The molecule has 0 radical (unpaired) electrons. The van der Waals surface area contributed by atoms with Crippen molar-refractivity contribution in [2.45, 2.75) is 45.1 Å². The first-order chi connectivity index (χ1) is 13.0. The van der Waals surface area contributed by atoms with Crippen LogP contribution >= 0.6 is 12.2 Å². The summed E-state index contributed by atoms with van der Waals surface area (Å²) in [5.41, 5.74) is 16.5. The van der Waals surface area contributed by atoms with E-state index in [0.29, 0.717) is 22.6 Å². The Balaban J connectivity index is 1.95. The second kappa shape index (κ2) is 8.59. The molecule has 6 heteroatoms. The highest BCUT2D eigenvalue weighted by molar-refractivity contribution is 7.71. The van der Waals surface area contributed by atoms with Crippen LogP contribution < -0.4 is 11.5 Å². The fourth-order valence-corrected chi connectivity index (χ4v) is 3.83. The topological polar surface area (TPSA) is 80.2 Å². The zero-order valence-electron chi connectivity index (χ0n) is 15.5. The Kier molecular flexibility index (Phi) is 6.19. The lowest BCUT2D eigenvalue weighted by molar-refractivity contribution is 0.622. The molecule has 1 aliphatic carbocycles. The number of allylic oxidation sites excluding steroid dienone is 1. The third kappa shape index (κ3) is 4.17. The highest BCUT2D eigenvalue weighted by Crippen LogP contribution is 2.34. The van der Waals surface area contributed by atoms with E-state index < -0.39 is 0 Å². The van der Waals surface area contributed by atoms with Gasteiger partial charge in [0.2, 0.25) is 0 Å². The number of fused-ring (bicyclic) bond motifs is 1. The standard InChI is InChI=1S/C21H25FN4S/c1-2-3-10-25-19-20(27)17-7-4-13(5-9-18(17)26-21(19)24)16-8-6-15(22)11-14(16)12-23/h5-6,8-11,13H,2-4,7,12,23H2,1H3,(H3,24,26,27). The van der Waals surface area contributed by atoms with Crippen LogP contribution in [0.2, 0.25) is 0 Å². The Bertz CT molecular complexity index is 946. The van der Waals surface area contributed by atoms with Crippen molar-refractivity contribution in [1.82, 2.24) is 4.98 Å². The van der Waals surface area contributed by atoms with Crippen LogP contribution in [0, 0.1) is 10.3 Å². The average molecular weight is 385 g/mol. The van der Waals surface area contributed by atoms with Crippen molar-refractivity contribution in [1.29, 1.82) is 0 Å². The van der Waals surface area contributed by atoms with Crippen LogP contribution in [-0.4, -0.2) is 11.2 Å². The Hall–Kier alpha value is -2.31. The molecule has 0 aliphatic heterocycles. The van der Waals surface area contributed by atoms with Gasteiger partial charge in [0.25, 0.3) is 0 Å². The number of hydrogen-bond acceptors (Lipinski definition) is 4. The maximum Gasteiger partial charge on any atom is 0.128 e. The van der Waals surface area contributed by atoms with Gasteiger partial charge in [-0.1, -0.05) is 37.7 Å². The monoisotopic (exact) mass is 384 g/mol. The normalized spacial score (nSPS) is 16.5. The number of nitrogen functional groups attached to an aromatic ring is 1. The SMILES string of the molecule is CCCC=Nc1c(N)[nH]c2c(c1=S)CCC(c1ccc(F)cc1CN)C=C2. The molecule has 1 aromatic carbocycles. The summed E-state index contributed by atoms with van der Waals surface area (Å²) in [5, 5.41) is 0. The molecule has 27 heavy (non-hydrogen) atoms. The molecular formula is C21H25FN4S. The Morgan fingerprint density at radius 2 is 2.22 bits per heavy atom. The number of anilines is 1. The summed E-state index contributed by atoms with van der Waals surface area (Å²) < 4.78 is 14.3. The van der Waals surface area contributed by atoms with Gasteiger partial charge in [0.1, 0.15) is 17.3 Å². The molecule has 1 aliphatic rings. The van der Waals surface area contributed by atoms with Crippen LogP contribution in [0.3, 0.4) is 0 Å². The Morgan fingerprint density at radius 3 is 2.96 bits per heavy atom. The minimum Gasteiger partial charge on any atom is -0.383 e. The number of benzene rings is 1. The second-order valence-corrected chi connectivity index (χ2v) is 7.17. The number of aromatic nitrogens is 1. The summed E-state index contributed by atoms with van der Waals surface area (Å²) in [6.07, 6.45) is 9.56. The number of aliphatic imine (C=N–C) groups is 1. The fraction of sp³-hybridized carbons (Fsp3) is 0.333. The zero-order valence-corrected chi connectivity index (χ0v) is 16.3. The van der Waals surface area contributed by atoms with Crippen molar-refractivity contribution in [3.8, 4) is 0 Å². The van der Waals surface area contributed by atoms with Gasteiger partial charge in [0.15, 0.2) is 0 Å². The van der Waals surface area contributed by atoms with Crippen molar-refractivity contribution in [3.05, 3.63) is 57.0 Å². The molecule has 142 valence electrons. The van der Waals surface area contributed by atoms with Crippen molar-refractivity contribution < 1.29 is 4.39 Å². The number of rotatable bonds is 5. The fourth-order valence-electron chi connectivity index (χ4n) is 3.45. The Morgan fingerprint density at radius 1 is 1.41 bits per heavy atom. The number of nitrogens with zero attached hydrogens (tertiary/aromatic N) is 1. The predicted octanol–water partition coefficient (Wildman–Crippen LogP) is 5.17. The van der Waals surface area contributed by atoms with Gasteiger partial charge in [-0.3, -0.25) is 4.99 Å². The number of nitrogens with two attached hydrogens (primary N) is 2. The molecule has 4 nitrogen and oxygen atoms in total. The Labute approximate surface area is 164 Å². The average Bonchev–Trinajstić information content (AvgIpc) is 2.87. The third-order valence-electron chi connectivity index (χ3n) is 4.90. The van der Waals surface area contributed by atoms with E-state index in [0.717, 1.165) is 48.1 Å². The summed E-state index contributed by atoms with van der Waals surface area (Å²) in [5.74, 6) is 0.370. The van der Waals surface area contributed by atoms with Crippen LogP contribution in [0.15, 0.2) is 29.3 Å². The van der Waals surface area contributed by atoms with Crippen LogP contribution in [0.25, 0.3) is 6.08 Å². The van der Waals surface area contributed by atoms with E-state index in [-0.39, 0.29) is 11.7 Å². The minimum atomic E-state index is -0.261. The molecule has 0 fully saturated rings. The molecule has 0 spiro atoms. The maximum atomic E-state index is 13.5. The quantitative estimate of drug-likeness (QED) is 0.491. The van der Waals surface area contributed by atoms with Gasteiger partial charge in [-0.15, -0.1) is 0 Å². The van der Waals surface area contributed by atoms with Gasteiger partial charge in [-0.2, -0.15) is 0 Å². The molecule has 2 aromatic rings. The van der Waals surface area contributed by atoms with Crippen molar-refractivity contribution in [2.24, 2.45) is 10.7 Å². The highest BCUT2D eigenvalue weighted by Gasteiger charge is 2.19. The molecule has 1 atom stereocenters. The van der Waals surface area contributed by atoms with E-state index >= 15 is 0 Å². The first-order valence-electron chi connectivity index (χ1n) is 9.28.